The monoisotopic (exact) mass is 426 g/mol. The Morgan fingerprint density at radius 2 is 1.86 bits per heavy atom. The van der Waals surface area contributed by atoms with E-state index >= 15 is 0 Å². The van der Waals surface area contributed by atoms with Crippen LogP contribution < -0.4 is 15.4 Å². The van der Waals surface area contributed by atoms with Crippen LogP contribution in [0.4, 0.5) is 10.8 Å². The Bertz CT molecular complexity index is 969. The van der Waals surface area contributed by atoms with Crippen LogP contribution in [0.3, 0.4) is 0 Å². The van der Waals surface area contributed by atoms with Crippen LogP contribution in [0.5, 0.6) is 0 Å². The van der Waals surface area contributed by atoms with Crippen LogP contribution in [-0.2, 0) is 30.8 Å². The lowest BCUT2D eigenvalue weighted by atomic mass is 10.2. The van der Waals surface area contributed by atoms with Gasteiger partial charge in [-0.3, -0.25) is 19.1 Å². The van der Waals surface area contributed by atoms with E-state index in [1.165, 1.54) is 19.2 Å². The number of ether oxygens (including phenoxy) is 1. The summed E-state index contributed by atoms with van der Waals surface area (Å²) >= 11 is 1.08. The Morgan fingerprint density at radius 1 is 1.18 bits per heavy atom. The van der Waals surface area contributed by atoms with E-state index in [1.807, 2.05) is 0 Å². The van der Waals surface area contributed by atoms with E-state index in [2.05, 4.69) is 25.1 Å². The molecule has 0 aliphatic rings. The van der Waals surface area contributed by atoms with Crippen molar-refractivity contribution in [2.45, 2.75) is 6.42 Å². The van der Waals surface area contributed by atoms with Gasteiger partial charge in [-0.2, -0.15) is 0 Å². The Morgan fingerprint density at radius 3 is 2.46 bits per heavy atom. The lowest BCUT2D eigenvalue weighted by Gasteiger charge is -2.07. The minimum Gasteiger partial charge on any atom is -0.468 e. The number of amides is 2. The summed E-state index contributed by atoms with van der Waals surface area (Å²) < 4.78 is 29.0. The molecule has 0 unspecified atom stereocenters. The smallest absolute Gasteiger partial charge is 0.325 e. The maximum absolute atomic E-state index is 12.1. The van der Waals surface area contributed by atoms with Gasteiger partial charge in [0.2, 0.25) is 15.9 Å². The third-order valence-electron chi connectivity index (χ3n) is 3.22. The molecule has 0 atom stereocenters. The molecule has 0 aliphatic carbocycles. The van der Waals surface area contributed by atoms with Crippen molar-refractivity contribution in [1.82, 2.24) is 10.3 Å². The average Bonchev–Trinajstić information content (AvgIpc) is 3.04. The van der Waals surface area contributed by atoms with Gasteiger partial charge in [0, 0.05) is 16.6 Å². The molecule has 12 heteroatoms. The van der Waals surface area contributed by atoms with Crippen molar-refractivity contribution in [1.29, 1.82) is 0 Å². The molecule has 0 saturated carbocycles. The molecule has 2 amide bonds. The maximum atomic E-state index is 12.1. The number of methoxy groups -OCH3 is 1. The summed E-state index contributed by atoms with van der Waals surface area (Å²) in [4.78, 5) is 39.0. The van der Waals surface area contributed by atoms with Gasteiger partial charge in [0.05, 0.1) is 25.5 Å². The highest BCUT2D eigenvalue weighted by molar-refractivity contribution is 7.92. The Hall–Kier alpha value is -2.99. The third-order valence-corrected chi connectivity index (χ3v) is 4.72. The fraction of sp³-hybridized carbons (Fsp3) is 0.250. The summed E-state index contributed by atoms with van der Waals surface area (Å²) in [5, 5.41) is 6.83. The summed E-state index contributed by atoms with van der Waals surface area (Å²) in [6.45, 7) is -0.238. The van der Waals surface area contributed by atoms with Crippen molar-refractivity contribution in [3.63, 3.8) is 0 Å². The number of benzene rings is 1. The second-order valence-corrected chi connectivity index (χ2v) is 8.19. The van der Waals surface area contributed by atoms with Gasteiger partial charge in [0.25, 0.3) is 5.91 Å². The molecule has 0 aliphatic heterocycles. The van der Waals surface area contributed by atoms with E-state index in [4.69, 9.17) is 0 Å². The molecule has 0 spiro atoms. The van der Waals surface area contributed by atoms with Crippen LogP contribution >= 0.6 is 11.3 Å². The normalized spacial score (nSPS) is 10.8. The summed E-state index contributed by atoms with van der Waals surface area (Å²) in [5.74, 6) is -1.36. The number of carbonyl (C=O) groups is 3. The Balaban J connectivity index is 1.89. The molecule has 0 saturated heterocycles. The van der Waals surface area contributed by atoms with Crippen LogP contribution in [0.15, 0.2) is 29.6 Å². The zero-order valence-electron chi connectivity index (χ0n) is 15.0. The topological polar surface area (TPSA) is 144 Å². The molecule has 2 rings (SSSR count). The van der Waals surface area contributed by atoms with Crippen LogP contribution in [0, 0.1) is 0 Å². The molecule has 1 aromatic heterocycles. The average molecular weight is 426 g/mol. The van der Waals surface area contributed by atoms with Gasteiger partial charge in [-0.25, -0.2) is 13.4 Å². The Kier molecular flexibility index (Phi) is 7.06. The van der Waals surface area contributed by atoms with E-state index in [0.717, 1.165) is 17.6 Å². The number of nitrogens with zero attached hydrogens (tertiary/aromatic N) is 1. The predicted octanol–water partition coefficient (Wildman–Crippen LogP) is 0.599. The standard InChI is InChI=1S/C16H18N4O6S2/c1-26-14(22)8-17-15(23)10-3-5-11(6-4-10)18-13(21)7-12-9-27-16(19-12)20-28(2,24)25/h3-6,9H,7-8H2,1-2H3,(H,17,23)(H,18,21)(H,19,20). The molecule has 1 heterocycles. The van der Waals surface area contributed by atoms with Crippen LogP contribution in [0.25, 0.3) is 0 Å². The highest BCUT2D eigenvalue weighted by atomic mass is 32.2. The summed E-state index contributed by atoms with van der Waals surface area (Å²) in [5.41, 5.74) is 1.21. The van der Waals surface area contributed by atoms with E-state index in [1.54, 1.807) is 17.5 Å². The molecule has 28 heavy (non-hydrogen) atoms. The largest absolute Gasteiger partial charge is 0.468 e. The molecular weight excluding hydrogens is 408 g/mol. The second-order valence-electron chi connectivity index (χ2n) is 5.58. The predicted molar refractivity (Wildman–Crippen MR) is 104 cm³/mol. The van der Waals surface area contributed by atoms with Crippen molar-refractivity contribution in [2.24, 2.45) is 0 Å². The molecule has 0 radical (unpaired) electrons. The SMILES string of the molecule is COC(=O)CNC(=O)c1ccc(NC(=O)Cc2csc(NS(C)(=O)=O)n2)cc1. The molecule has 1 aromatic carbocycles. The molecule has 0 bridgehead atoms. The quantitative estimate of drug-likeness (QED) is 0.524. The summed E-state index contributed by atoms with van der Waals surface area (Å²) in [6.07, 6.45) is 0.976. The van der Waals surface area contributed by atoms with E-state index in [-0.39, 0.29) is 24.0 Å². The molecular formula is C16H18N4O6S2. The highest BCUT2D eigenvalue weighted by Crippen LogP contribution is 2.17. The van der Waals surface area contributed by atoms with Gasteiger partial charge < -0.3 is 15.4 Å². The van der Waals surface area contributed by atoms with Gasteiger partial charge >= 0.3 is 5.97 Å². The highest BCUT2D eigenvalue weighted by Gasteiger charge is 2.12. The Labute approximate surface area is 165 Å². The number of hydrogen-bond donors (Lipinski definition) is 3. The molecule has 150 valence electrons. The third kappa shape index (κ3) is 6.96. The lowest BCUT2D eigenvalue weighted by molar-refractivity contribution is -0.139. The van der Waals surface area contributed by atoms with Gasteiger partial charge in [0.1, 0.15) is 6.54 Å². The van der Waals surface area contributed by atoms with Crippen LogP contribution in [0.1, 0.15) is 16.1 Å². The zero-order chi connectivity index (χ0) is 20.7. The molecule has 2 aromatic rings. The number of aromatic nitrogens is 1. The fourth-order valence-electron chi connectivity index (χ4n) is 1.99. The number of carbonyl (C=O) groups excluding carboxylic acids is 3. The van der Waals surface area contributed by atoms with Gasteiger partial charge in [0.15, 0.2) is 5.13 Å². The first-order valence-corrected chi connectivity index (χ1v) is 10.6. The van der Waals surface area contributed by atoms with Crippen molar-refractivity contribution in [2.75, 3.05) is 29.9 Å². The van der Waals surface area contributed by atoms with Gasteiger partial charge in [-0.15, -0.1) is 11.3 Å². The first-order valence-electron chi connectivity index (χ1n) is 7.83. The summed E-state index contributed by atoms with van der Waals surface area (Å²) in [6, 6.07) is 6.09. The number of nitrogens with one attached hydrogen (secondary N) is 3. The number of anilines is 2. The van der Waals surface area contributed by atoms with E-state index in [0.29, 0.717) is 16.9 Å². The van der Waals surface area contributed by atoms with Gasteiger partial charge in [-0.1, -0.05) is 0 Å². The number of hydrogen-bond acceptors (Lipinski definition) is 8. The summed E-state index contributed by atoms with van der Waals surface area (Å²) in [7, 11) is -2.20. The molecule has 0 fully saturated rings. The van der Waals surface area contributed by atoms with Crippen LogP contribution in [-0.4, -0.2) is 51.1 Å². The van der Waals surface area contributed by atoms with Crippen LogP contribution in [0.2, 0.25) is 0 Å². The first-order chi connectivity index (χ1) is 13.2. The molecule has 10 nitrogen and oxygen atoms in total. The van der Waals surface area contributed by atoms with Crippen molar-refractivity contribution < 1.29 is 27.5 Å². The zero-order valence-corrected chi connectivity index (χ0v) is 16.6. The van der Waals surface area contributed by atoms with Crippen molar-refractivity contribution in [3.05, 3.63) is 40.9 Å². The fourth-order valence-corrected chi connectivity index (χ4v) is 3.56. The minimum atomic E-state index is -3.42. The first kappa shape index (κ1) is 21.3. The minimum absolute atomic E-state index is 0.0384. The van der Waals surface area contributed by atoms with Crippen molar-refractivity contribution in [3.8, 4) is 0 Å². The van der Waals surface area contributed by atoms with Crippen molar-refractivity contribution >= 4 is 50.0 Å². The maximum Gasteiger partial charge on any atom is 0.325 e. The number of esters is 1. The van der Waals surface area contributed by atoms with E-state index < -0.39 is 21.9 Å². The number of thiazole rings is 1. The number of sulfonamides is 1. The molecule has 3 N–H and O–H groups in total. The number of rotatable bonds is 8. The second kappa shape index (κ2) is 9.28. The van der Waals surface area contributed by atoms with Gasteiger partial charge in [-0.05, 0) is 24.3 Å². The lowest BCUT2D eigenvalue weighted by Crippen LogP contribution is -2.30. The van der Waals surface area contributed by atoms with E-state index in [9.17, 15) is 22.8 Å².